The van der Waals surface area contributed by atoms with Crippen LogP contribution < -0.4 is 15.8 Å². The van der Waals surface area contributed by atoms with Crippen molar-refractivity contribution in [1.29, 1.82) is 0 Å². The monoisotopic (exact) mass is 283 g/mol. The van der Waals surface area contributed by atoms with Gasteiger partial charge in [0, 0.05) is 10.0 Å². The summed E-state index contributed by atoms with van der Waals surface area (Å²) >= 11 is 3.34. The lowest BCUT2D eigenvalue weighted by atomic mass is 10.1. The van der Waals surface area contributed by atoms with Crippen molar-refractivity contribution in [2.75, 3.05) is 7.11 Å². The van der Waals surface area contributed by atoms with Crippen LogP contribution in [-0.2, 0) is 4.79 Å². The smallest absolute Gasteiger partial charge is 0.256 e. The van der Waals surface area contributed by atoms with E-state index in [0.717, 1.165) is 4.47 Å². The minimum absolute atomic E-state index is 0.136. The number of nitrogens with two attached hydrogens (primary N) is 1. The SMILES string of the molecule is COc1ccc(Br)cc1C1N=C(N)NC1=O. The topological polar surface area (TPSA) is 76.7 Å². The van der Waals surface area contributed by atoms with Crippen LogP contribution in [0.4, 0.5) is 0 Å². The molecular weight excluding hydrogens is 274 g/mol. The summed E-state index contributed by atoms with van der Waals surface area (Å²) in [6.45, 7) is 0. The second kappa shape index (κ2) is 4.13. The van der Waals surface area contributed by atoms with Crippen LogP contribution in [0.15, 0.2) is 27.7 Å². The molecule has 1 heterocycles. The van der Waals surface area contributed by atoms with Gasteiger partial charge < -0.3 is 10.5 Å². The Hall–Kier alpha value is -1.56. The zero-order valence-corrected chi connectivity index (χ0v) is 10.1. The molecule has 0 aromatic heterocycles. The Bertz CT molecular complexity index is 473. The van der Waals surface area contributed by atoms with Crippen LogP contribution in [-0.4, -0.2) is 19.0 Å². The number of hydrogen-bond acceptors (Lipinski definition) is 4. The average Bonchev–Trinajstić information content (AvgIpc) is 2.57. The summed E-state index contributed by atoms with van der Waals surface area (Å²) in [6, 6.07) is 4.77. The Morgan fingerprint density at radius 3 is 2.88 bits per heavy atom. The first-order chi connectivity index (χ1) is 7.61. The number of nitrogens with one attached hydrogen (secondary N) is 1. The maximum absolute atomic E-state index is 11.6. The van der Waals surface area contributed by atoms with E-state index in [0.29, 0.717) is 11.3 Å². The van der Waals surface area contributed by atoms with Crippen LogP contribution in [0.3, 0.4) is 0 Å². The first kappa shape index (κ1) is 10.9. The van der Waals surface area contributed by atoms with E-state index >= 15 is 0 Å². The number of halogens is 1. The van der Waals surface area contributed by atoms with Gasteiger partial charge in [-0.15, -0.1) is 0 Å². The highest BCUT2D eigenvalue weighted by Crippen LogP contribution is 2.32. The van der Waals surface area contributed by atoms with Crippen molar-refractivity contribution in [3.05, 3.63) is 28.2 Å². The highest BCUT2D eigenvalue weighted by molar-refractivity contribution is 9.10. The molecule has 1 atom stereocenters. The number of methoxy groups -OCH3 is 1. The Labute approximate surface area is 101 Å². The summed E-state index contributed by atoms with van der Waals surface area (Å²) in [7, 11) is 1.55. The summed E-state index contributed by atoms with van der Waals surface area (Å²) in [5, 5.41) is 2.45. The Morgan fingerprint density at radius 2 is 2.31 bits per heavy atom. The molecule has 0 aliphatic carbocycles. The van der Waals surface area contributed by atoms with Gasteiger partial charge >= 0.3 is 0 Å². The molecule has 84 valence electrons. The number of hydrogen-bond donors (Lipinski definition) is 2. The van der Waals surface area contributed by atoms with Crippen LogP contribution >= 0.6 is 15.9 Å². The van der Waals surface area contributed by atoms with Crippen molar-refractivity contribution in [2.45, 2.75) is 6.04 Å². The third-order valence-electron chi connectivity index (χ3n) is 2.25. The second-order valence-corrected chi connectivity index (χ2v) is 4.21. The van der Waals surface area contributed by atoms with Gasteiger partial charge in [0.1, 0.15) is 5.75 Å². The Morgan fingerprint density at radius 1 is 1.56 bits per heavy atom. The largest absolute Gasteiger partial charge is 0.496 e. The summed E-state index contributed by atoms with van der Waals surface area (Å²) < 4.78 is 6.04. The fourth-order valence-electron chi connectivity index (χ4n) is 1.55. The van der Waals surface area contributed by atoms with Gasteiger partial charge in [-0.1, -0.05) is 15.9 Å². The molecule has 1 aliphatic heterocycles. The van der Waals surface area contributed by atoms with Crippen molar-refractivity contribution >= 4 is 27.8 Å². The standard InChI is InChI=1S/C10H10BrN3O2/c1-16-7-3-2-5(11)4-6(7)8-9(15)14-10(12)13-8/h2-4,8H,1H3,(H3,12,13,14,15). The molecule has 1 amide bonds. The van der Waals surface area contributed by atoms with E-state index in [-0.39, 0.29) is 11.9 Å². The molecule has 1 aromatic carbocycles. The van der Waals surface area contributed by atoms with E-state index in [9.17, 15) is 4.79 Å². The van der Waals surface area contributed by atoms with Gasteiger partial charge in [0.25, 0.3) is 5.91 Å². The van der Waals surface area contributed by atoms with Gasteiger partial charge in [-0.3, -0.25) is 10.1 Å². The predicted octanol–water partition coefficient (Wildman–Crippen LogP) is 0.943. The van der Waals surface area contributed by atoms with Crippen molar-refractivity contribution in [3.63, 3.8) is 0 Å². The van der Waals surface area contributed by atoms with E-state index in [1.807, 2.05) is 6.07 Å². The van der Waals surface area contributed by atoms with Gasteiger partial charge in [-0.2, -0.15) is 0 Å². The van der Waals surface area contributed by atoms with Crippen molar-refractivity contribution in [3.8, 4) is 5.75 Å². The molecule has 0 fully saturated rings. The molecule has 1 unspecified atom stereocenters. The highest BCUT2D eigenvalue weighted by Gasteiger charge is 2.29. The summed E-state index contributed by atoms with van der Waals surface area (Å²) in [6.07, 6.45) is 0. The summed E-state index contributed by atoms with van der Waals surface area (Å²) in [5.74, 6) is 0.507. The van der Waals surface area contributed by atoms with Gasteiger partial charge in [0.2, 0.25) is 0 Å². The first-order valence-corrected chi connectivity index (χ1v) is 5.38. The molecule has 0 spiro atoms. The maximum atomic E-state index is 11.6. The molecule has 6 heteroatoms. The average molecular weight is 284 g/mol. The number of carbonyl (C=O) groups is 1. The van der Waals surface area contributed by atoms with E-state index in [1.165, 1.54) is 0 Å². The van der Waals surface area contributed by atoms with E-state index in [4.69, 9.17) is 10.5 Å². The van der Waals surface area contributed by atoms with Crippen LogP contribution in [0.25, 0.3) is 0 Å². The van der Waals surface area contributed by atoms with Crippen molar-refractivity contribution in [1.82, 2.24) is 5.32 Å². The zero-order chi connectivity index (χ0) is 11.7. The lowest BCUT2D eigenvalue weighted by molar-refractivity contribution is -0.120. The van der Waals surface area contributed by atoms with Crippen molar-refractivity contribution in [2.24, 2.45) is 10.7 Å². The fraction of sp³-hybridized carbons (Fsp3) is 0.200. The number of benzene rings is 1. The minimum atomic E-state index is -0.632. The van der Waals surface area contributed by atoms with Gasteiger partial charge in [-0.25, -0.2) is 4.99 Å². The van der Waals surface area contributed by atoms with E-state index in [1.54, 1.807) is 19.2 Å². The number of carbonyl (C=O) groups excluding carboxylic acids is 1. The van der Waals surface area contributed by atoms with Crippen LogP contribution in [0.1, 0.15) is 11.6 Å². The number of ether oxygens (including phenoxy) is 1. The molecule has 0 bridgehead atoms. The minimum Gasteiger partial charge on any atom is -0.496 e. The molecular formula is C10H10BrN3O2. The predicted molar refractivity (Wildman–Crippen MR) is 63.2 cm³/mol. The maximum Gasteiger partial charge on any atom is 0.256 e. The molecule has 1 aromatic rings. The molecule has 0 saturated carbocycles. The first-order valence-electron chi connectivity index (χ1n) is 4.59. The number of aliphatic imine (C=N–C) groups is 1. The van der Waals surface area contributed by atoms with Gasteiger partial charge in [0.15, 0.2) is 12.0 Å². The lowest BCUT2D eigenvalue weighted by Gasteiger charge is -2.11. The second-order valence-electron chi connectivity index (χ2n) is 3.29. The lowest BCUT2D eigenvalue weighted by Crippen LogP contribution is -2.31. The number of amides is 1. The van der Waals surface area contributed by atoms with Gasteiger partial charge in [-0.05, 0) is 18.2 Å². The van der Waals surface area contributed by atoms with E-state index < -0.39 is 6.04 Å². The quantitative estimate of drug-likeness (QED) is 0.848. The molecule has 2 rings (SSSR count). The molecule has 16 heavy (non-hydrogen) atoms. The third kappa shape index (κ3) is 1.88. The van der Waals surface area contributed by atoms with Crippen LogP contribution in [0.2, 0.25) is 0 Å². The highest BCUT2D eigenvalue weighted by atomic mass is 79.9. The summed E-state index contributed by atoms with van der Waals surface area (Å²) in [4.78, 5) is 15.6. The Kier molecular flexibility index (Phi) is 2.82. The molecule has 5 nitrogen and oxygen atoms in total. The van der Waals surface area contributed by atoms with Crippen LogP contribution in [0, 0.1) is 0 Å². The number of nitrogens with zero attached hydrogens (tertiary/aromatic N) is 1. The normalized spacial score (nSPS) is 19.2. The van der Waals surface area contributed by atoms with Gasteiger partial charge in [0.05, 0.1) is 7.11 Å². The summed E-state index contributed by atoms with van der Waals surface area (Å²) in [5.41, 5.74) is 6.14. The number of guanidine groups is 1. The van der Waals surface area contributed by atoms with Crippen LogP contribution in [0.5, 0.6) is 5.75 Å². The third-order valence-corrected chi connectivity index (χ3v) is 2.75. The molecule has 3 N–H and O–H groups in total. The zero-order valence-electron chi connectivity index (χ0n) is 8.53. The Balaban J connectivity index is 2.46. The van der Waals surface area contributed by atoms with Crippen molar-refractivity contribution < 1.29 is 9.53 Å². The number of rotatable bonds is 2. The fourth-order valence-corrected chi connectivity index (χ4v) is 1.93. The molecule has 1 aliphatic rings. The molecule has 0 radical (unpaired) electrons. The van der Waals surface area contributed by atoms with E-state index in [2.05, 4.69) is 26.2 Å². The molecule has 0 saturated heterocycles.